The number of aromatic nitrogens is 1. The van der Waals surface area contributed by atoms with Crippen LogP contribution in [0.1, 0.15) is 68.3 Å². The lowest BCUT2D eigenvalue weighted by molar-refractivity contribution is 0.216. The molecule has 0 amide bonds. The van der Waals surface area contributed by atoms with Gasteiger partial charge in [0, 0.05) is 11.7 Å². The Bertz CT molecular complexity index is 735. The Kier molecular flexibility index (Phi) is 7.50. The fourth-order valence-electron chi connectivity index (χ4n) is 3.58. The molecule has 28 heavy (non-hydrogen) atoms. The molecule has 3 rings (SSSR count). The fourth-order valence-corrected chi connectivity index (χ4v) is 3.58. The van der Waals surface area contributed by atoms with Crippen molar-refractivity contribution in [2.24, 2.45) is 5.92 Å². The molecule has 2 atom stereocenters. The third-order valence-electron chi connectivity index (χ3n) is 5.95. The third kappa shape index (κ3) is 6.07. The summed E-state index contributed by atoms with van der Waals surface area (Å²) in [5, 5.41) is 3.37. The van der Waals surface area contributed by atoms with Crippen LogP contribution < -0.4 is 10.1 Å². The first-order chi connectivity index (χ1) is 13.5. The monoisotopic (exact) mass is 380 g/mol. The maximum Gasteiger partial charge on any atom is 0.137 e. The standard InChI is InChI=1S/C25H36N2O/c1-18(2)5-7-21-8-11-22(12-9-21)19(3)6-10-23-15-25(16-27-20(23)4)28-17-24-13-14-26-24/h8-9,11-12,15-16,18-19,24,26H,5-7,10,13-14,17H2,1-4H3. The predicted molar refractivity (Wildman–Crippen MR) is 117 cm³/mol. The SMILES string of the molecule is Cc1ncc(OCC2CCN2)cc1CCC(C)c1ccc(CCC(C)C)cc1. The highest BCUT2D eigenvalue weighted by atomic mass is 16.5. The van der Waals surface area contributed by atoms with Crippen LogP contribution in [0.2, 0.25) is 0 Å². The topological polar surface area (TPSA) is 34.1 Å². The zero-order chi connectivity index (χ0) is 19.9. The van der Waals surface area contributed by atoms with Crippen molar-refractivity contribution in [3.8, 4) is 5.75 Å². The number of nitrogens with one attached hydrogen (secondary N) is 1. The van der Waals surface area contributed by atoms with Crippen molar-refractivity contribution < 1.29 is 4.74 Å². The van der Waals surface area contributed by atoms with Gasteiger partial charge in [0.15, 0.2) is 0 Å². The Labute approximate surface area is 170 Å². The lowest BCUT2D eigenvalue weighted by Crippen LogP contribution is -2.46. The second-order valence-electron chi connectivity index (χ2n) is 8.78. The first-order valence-corrected chi connectivity index (χ1v) is 10.9. The maximum absolute atomic E-state index is 5.92. The van der Waals surface area contributed by atoms with Crippen LogP contribution in [-0.4, -0.2) is 24.2 Å². The maximum atomic E-state index is 5.92. The average molecular weight is 381 g/mol. The Morgan fingerprint density at radius 3 is 2.50 bits per heavy atom. The van der Waals surface area contributed by atoms with Crippen molar-refractivity contribution in [2.75, 3.05) is 13.2 Å². The van der Waals surface area contributed by atoms with E-state index in [9.17, 15) is 0 Å². The van der Waals surface area contributed by atoms with Gasteiger partial charge in [-0.15, -0.1) is 0 Å². The molecule has 1 saturated heterocycles. The van der Waals surface area contributed by atoms with Crippen molar-refractivity contribution >= 4 is 0 Å². The Hall–Kier alpha value is -1.87. The minimum atomic E-state index is 0.508. The smallest absolute Gasteiger partial charge is 0.137 e. The van der Waals surface area contributed by atoms with Crippen molar-refractivity contribution in [2.45, 2.75) is 71.8 Å². The van der Waals surface area contributed by atoms with Gasteiger partial charge in [0.1, 0.15) is 12.4 Å². The molecule has 2 heterocycles. The molecule has 1 aliphatic heterocycles. The number of hydrogen-bond donors (Lipinski definition) is 1. The van der Waals surface area contributed by atoms with Crippen molar-refractivity contribution in [3.63, 3.8) is 0 Å². The first-order valence-electron chi connectivity index (χ1n) is 10.9. The van der Waals surface area contributed by atoms with E-state index in [-0.39, 0.29) is 0 Å². The van der Waals surface area contributed by atoms with Gasteiger partial charge < -0.3 is 10.1 Å². The van der Waals surface area contributed by atoms with Gasteiger partial charge >= 0.3 is 0 Å². The highest BCUT2D eigenvalue weighted by Gasteiger charge is 2.17. The Balaban J connectivity index is 1.52. The molecule has 0 aliphatic carbocycles. The number of pyridine rings is 1. The average Bonchev–Trinajstić information content (AvgIpc) is 2.65. The minimum Gasteiger partial charge on any atom is -0.490 e. The van der Waals surface area contributed by atoms with E-state index in [4.69, 9.17) is 4.74 Å². The molecular weight excluding hydrogens is 344 g/mol. The highest BCUT2D eigenvalue weighted by molar-refractivity contribution is 5.30. The van der Waals surface area contributed by atoms with Crippen LogP contribution in [0.5, 0.6) is 5.75 Å². The Morgan fingerprint density at radius 1 is 1.11 bits per heavy atom. The van der Waals surface area contributed by atoms with Gasteiger partial charge in [-0.3, -0.25) is 4.98 Å². The van der Waals surface area contributed by atoms with E-state index in [1.165, 1.54) is 36.0 Å². The van der Waals surface area contributed by atoms with Crippen molar-refractivity contribution in [1.82, 2.24) is 10.3 Å². The van der Waals surface area contributed by atoms with E-state index in [2.05, 4.69) is 68.3 Å². The Morgan fingerprint density at radius 2 is 1.86 bits per heavy atom. The second-order valence-corrected chi connectivity index (χ2v) is 8.78. The second kappa shape index (κ2) is 10.1. The van der Waals surface area contributed by atoms with E-state index in [1.54, 1.807) is 0 Å². The van der Waals surface area contributed by atoms with Gasteiger partial charge in [-0.1, -0.05) is 45.0 Å². The van der Waals surface area contributed by atoms with Crippen LogP contribution in [-0.2, 0) is 12.8 Å². The van der Waals surface area contributed by atoms with E-state index in [0.717, 1.165) is 43.4 Å². The van der Waals surface area contributed by atoms with Gasteiger partial charge in [0.25, 0.3) is 0 Å². The number of hydrogen-bond acceptors (Lipinski definition) is 3. The molecule has 0 spiro atoms. The molecule has 3 nitrogen and oxygen atoms in total. The summed E-state index contributed by atoms with van der Waals surface area (Å²) in [6.07, 6.45) is 7.67. The quantitative estimate of drug-likeness (QED) is 0.595. The molecule has 0 saturated carbocycles. The van der Waals surface area contributed by atoms with E-state index in [1.807, 2.05) is 6.20 Å². The van der Waals surface area contributed by atoms with Crippen LogP contribution in [0.3, 0.4) is 0 Å². The summed E-state index contributed by atoms with van der Waals surface area (Å²) in [6, 6.07) is 11.9. The number of aryl methyl sites for hydroxylation is 3. The van der Waals surface area contributed by atoms with Gasteiger partial charge in [-0.05, 0) is 80.2 Å². The first kappa shape index (κ1) is 20.9. The predicted octanol–water partition coefficient (Wildman–Crippen LogP) is 5.46. The zero-order valence-electron chi connectivity index (χ0n) is 18.0. The molecule has 1 fully saturated rings. The van der Waals surface area contributed by atoms with E-state index < -0.39 is 0 Å². The number of nitrogens with zero attached hydrogens (tertiary/aromatic N) is 1. The van der Waals surface area contributed by atoms with Crippen molar-refractivity contribution in [1.29, 1.82) is 0 Å². The normalized spacial score (nSPS) is 17.4. The molecule has 3 heteroatoms. The van der Waals surface area contributed by atoms with Crippen LogP contribution in [0.15, 0.2) is 36.5 Å². The molecule has 1 aromatic carbocycles. The number of rotatable bonds is 10. The van der Waals surface area contributed by atoms with Crippen LogP contribution in [0, 0.1) is 12.8 Å². The fraction of sp³-hybridized carbons (Fsp3) is 0.560. The van der Waals surface area contributed by atoms with E-state index in [0.29, 0.717) is 12.0 Å². The molecule has 2 unspecified atom stereocenters. The summed E-state index contributed by atoms with van der Waals surface area (Å²) in [6.45, 7) is 10.9. The van der Waals surface area contributed by atoms with Crippen molar-refractivity contribution in [3.05, 3.63) is 58.9 Å². The van der Waals surface area contributed by atoms with Crippen LogP contribution >= 0.6 is 0 Å². The lowest BCUT2D eigenvalue weighted by atomic mass is 9.92. The minimum absolute atomic E-state index is 0.508. The summed E-state index contributed by atoms with van der Waals surface area (Å²) in [5.41, 5.74) is 5.31. The summed E-state index contributed by atoms with van der Waals surface area (Å²) >= 11 is 0. The molecule has 2 aromatic rings. The molecule has 0 radical (unpaired) electrons. The molecular formula is C25H36N2O. The summed E-state index contributed by atoms with van der Waals surface area (Å²) in [4.78, 5) is 4.55. The summed E-state index contributed by atoms with van der Waals surface area (Å²) in [5.74, 6) is 2.21. The highest BCUT2D eigenvalue weighted by Crippen LogP contribution is 2.24. The molecule has 0 bridgehead atoms. The third-order valence-corrected chi connectivity index (χ3v) is 5.95. The number of benzene rings is 1. The zero-order valence-corrected chi connectivity index (χ0v) is 18.0. The summed E-state index contributed by atoms with van der Waals surface area (Å²) in [7, 11) is 0. The molecule has 1 aromatic heterocycles. The molecule has 152 valence electrons. The summed E-state index contributed by atoms with van der Waals surface area (Å²) < 4.78 is 5.92. The van der Waals surface area contributed by atoms with Gasteiger partial charge in [-0.2, -0.15) is 0 Å². The van der Waals surface area contributed by atoms with Gasteiger partial charge in [0.05, 0.1) is 6.20 Å². The molecule has 1 N–H and O–H groups in total. The number of ether oxygens (including phenoxy) is 1. The van der Waals surface area contributed by atoms with Gasteiger partial charge in [0.2, 0.25) is 0 Å². The van der Waals surface area contributed by atoms with Gasteiger partial charge in [-0.25, -0.2) is 0 Å². The lowest BCUT2D eigenvalue weighted by Gasteiger charge is -2.27. The molecule has 1 aliphatic rings. The largest absolute Gasteiger partial charge is 0.490 e. The van der Waals surface area contributed by atoms with E-state index >= 15 is 0 Å². The van der Waals surface area contributed by atoms with Crippen LogP contribution in [0.4, 0.5) is 0 Å². The van der Waals surface area contributed by atoms with Crippen LogP contribution in [0.25, 0.3) is 0 Å².